The van der Waals surface area contributed by atoms with Gasteiger partial charge in [0.25, 0.3) is 0 Å². The van der Waals surface area contributed by atoms with Crippen LogP contribution in [0.1, 0.15) is 105 Å². The van der Waals surface area contributed by atoms with E-state index >= 15 is 0 Å². The number of aliphatic hydroxyl groups excluding tert-OH is 1. The minimum Gasteiger partial charge on any atom is -0.497 e. The number of halogens is 1. The van der Waals surface area contributed by atoms with Crippen molar-refractivity contribution in [3.05, 3.63) is 65.2 Å². The average Bonchev–Trinajstić information content (AvgIpc) is 3.59. The van der Waals surface area contributed by atoms with Crippen LogP contribution in [0, 0.1) is 35.5 Å². The molecule has 0 aliphatic heterocycles. The minimum atomic E-state index is -2.21. The summed E-state index contributed by atoms with van der Waals surface area (Å²) in [4.78, 5) is 26.3. The van der Waals surface area contributed by atoms with E-state index in [-0.39, 0.29) is 60.6 Å². The maximum Gasteiger partial charge on any atom is 0.345 e. The largest absolute Gasteiger partial charge is 0.497 e. The first-order valence-electron chi connectivity index (χ1n) is 20.4. The Bertz CT molecular complexity index is 1350. The summed E-state index contributed by atoms with van der Waals surface area (Å²) in [6.45, 7) is 25.1. The Balaban J connectivity index is 2.27. The van der Waals surface area contributed by atoms with Gasteiger partial charge in [-0.05, 0) is 120 Å². The van der Waals surface area contributed by atoms with Gasteiger partial charge in [-0.3, -0.25) is 4.79 Å². The molecule has 8 nitrogen and oxygen atoms in total. The van der Waals surface area contributed by atoms with Crippen molar-refractivity contribution < 1.29 is 38.1 Å². The summed E-state index contributed by atoms with van der Waals surface area (Å²) < 4.78 is 30.5. The van der Waals surface area contributed by atoms with E-state index in [1.807, 2.05) is 30.3 Å². The lowest BCUT2D eigenvalue weighted by Crippen LogP contribution is -2.46. The van der Waals surface area contributed by atoms with Gasteiger partial charge in [0.15, 0.2) is 8.32 Å². The van der Waals surface area contributed by atoms with Crippen molar-refractivity contribution in [3.8, 4) is 5.75 Å². The van der Waals surface area contributed by atoms with Crippen molar-refractivity contribution in [2.45, 2.75) is 137 Å². The van der Waals surface area contributed by atoms with E-state index in [2.05, 4.69) is 84.1 Å². The number of carbonyl (C=O) groups excluding carboxylic acids is 2. The zero-order valence-corrected chi connectivity index (χ0v) is 38.2. The molecule has 10 heteroatoms. The molecule has 1 saturated carbocycles. The zero-order chi connectivity index (χ0) is 41.2. The highest BCUT2D eigenvalue weighted by Crippen LogP contribution is 2.41. The van der Waals surface area contributed by atoms with E-state index in [0.29, 0.717) is 41.9 Å². The first-order chi connectivity index (χ1) is 25.9. The molecule has 312 valence electrons. The fourth-order valence-corrected chi connectivity index (χ4v) is 9.17. The van der Waals surface area contributed by atoms with Crippen LogP contribution in [-0.4, -0.2) is 64.5 Å². The third-order valence-electron chi connectivity index (χ3n) is 11.5. The van der Waals surface area contributed by atoms with Crippen molar-refractivity contribution in [1.29, 1.82) is 0 Å². The molecule has 8 atom stereocenters. The third kappa shape index (κ3) is 17.8. The van der Waals surface area contributed by atoms with Gasteiger partial charge in [-0.2, -0.15) is 0 Å². The van der Waals surface area contributed by atoms with Crippen LogP contribution in [0.2, 0.25) is 18.1 Å². The maximum absolute atomic E-state index is 14.1. The van der Waals surface area contributed by atoms with Crippen molar-refractivity contribution in [1.82, 2.24) is 0 Å². The lowest BCUT2D eigenvalue weighted by molar-refractivity contribution is -0.155. The second-order valence-corrected chi connectivity index (χ2v) is 23.2. The molecule has 55 heavy (non-hydrogen) atoms. The van der Waals surface area contributed by atoms with Gasteiger partial charge in [0.2, 0.25) is 0 Å². The van der Waals surface area contributed by atoms with Crippen LogP contribution in [0.25, 0.3) is 0 Å². The topological polar surface area (TPSA) is 101 Å². The average molecular weight is 850 g/mol. The summed E-state index contributed by atoms with van der Waals surface area (Å²) in [6.07, 6.45) is 13.1. The number of ether oxygens (including phenoxy) is 4. The molecule has 0 aromatic heterocycles. The Hall–Kier alpha value is -2.24. The number of hydrogen-bond donors (Lipinski definition) is 1. The van der Waals surface area contributed by atoms with E-state index in [1.165, 1.54) is 6.08 Å². The monoisotopic (exact) mass is 848 g/mol. The zero-order valence-electron chi connectivity index (χ0n) is 35.6. The standard InChI is InChI=1S/C45H73BrO8Si/c1-12-24-52-44(49)40(46)18-13-14-19-41(39-17-15-16-37(39)31-51-30-36-20-22-38(50-9)23-21-36)53-43(48)28-42(54-55(10,11)45(6,7)8)35(5)27-33(3)25-32(2)26-34(4)29-47/h12-14,18,20-23,32-35,37,39,41-42,47H,1,15-17,19,24-31H2,2-11H3/b14-13+,40-18-/t32-,33+,34+,35+,37+,39-,41+,42+/m1/s1. The molecule has 1 aromatic rings. The third-order valence-corrected chi connectivity index (χ3v) is 16.6. The molecule has 1 aromatic carbocycles. The quantitative estimate of drug-likeness (QED) is 0.0341. The van der Waals surface area contributed by atoms with Crippen molar-refractivity contribution in [2.24, 2.45) is 35.5 Å². The summed E-state index contributed by atoms with van der Waals surface area (Å²) in [6, 6.07) is 7.91. The fraction of sp³-hybridized carbons (Fsp3) is 0.689. The van der Waals surface area contributed by atoms with Gasteiger partial charge in [0.1, 0.15) is 22.9 Å². The first kappa shape index (κ1) is 48.9. The van der Waals surface area contributed by atoms with Crippen molar-refractivity contribution >= 4 is 36.2 Å². The Morgan fingerprint density at radius 1 is 1.02 bits per heavy atom. The highest BCUT2D eigenvalue weighted by atomic mass is 79.9. The normalized spacial score (nSPS) is 20.0. The number of hydrogen-bond acceptors (Lipinski definition) is 8. The van der Waals surface area contributed by atoms with Crippen LogP contribution in [0.15, 0.2) is 59.6 Å². The number of allylic oxidation sites excluding steroid dienone is 2. The number of rotatable bonds is 25. The van der Waals surface area contributed by atoms with Crippen LogP contribution in [0.4, 0.5) is 0 Å². The summed E-state index contributed by atoms with van der Waals surface area (Å²) >= 11 is 3.31. The van der Waals surface area contributed by atoms with Gasteiger partial charge >= 0.3 is 11.9 Å². The van der Waals surface area contributed by atoms with Gasteiger partial charge in [0.05, 0.1) is 32.8 Å². The van der Waals surface area contributed by atoms with E-state index in [0.717, 1.165) is 49.8 Å². The van der Waals surface area contributed by atoms with E-state index < -0.39 is 14.3 Å². The van der Waals surface area contributed by atoms with Crippen molar-refractivity contribution in [3.63, 3.8) is 0 Å². The molecule has 0 heterocycles. The molecule has 2 rings (SSSR count). The van der Waals surface area contributed by atoms with E-state index in [4.69, 9.17) is 23.4 Å². The SMILES string of the molecule is C=CCOC(=O)/C(Br)=C/C=C/C[C@H](OC(=O)C[C@H](O[Si](C)(C)C(C)(C)C)[C@@H](C)C[C@@H](C)C[C@@H](C)C[C@H](C)CO)[C@@H]1CCC[C@H]1COCc1ccc(OC)cc1. The number of esters is 2. The summed E-state index contributed by atoms with van der Waals surface area (Å²) in [7, 11) is -0.554. The van der Waals surface area contributed by atoms with Gasteiger partial charge in [-0.15, -0.1) is 0 Å². The second kappa shape index (κ2) is 24.5. The molecule has 0 bridgehead atoms. The Morgan fingerprint density at radius 3 is 2.29 bits per heavy atom. The van der Waals surface area contributed by atoms with Crippen LogP contribution < -0.4 is 4.74 Å². The Kier molecular flexibility index (Phi) is 21.8. The molecule has 0 radical (unpaired) electrons. The second-order valence-electron chi connectivity index (χ2n) is 17.6. The molecule has 1 aliphatic rings. The molecule has 0 unspecified atom stereocenters. The number of benzene rings is 1. The predicted molar refractivity (Wildman–Crippen MR) is 230 cm³/mol. The molecule has 0 amide bonds. The molecular formula is C45H73BrO8Si. The molecule has 1 aliphatic carbocycles. The van der Waals surface area contributed by atoms with Gasteiger partial charge in [-0.1, -0.05) is 91.8 Å². The van der Waals surface area contributed by atoms with Crippen LogP contribution in [0.3, 0.4) is 0 Å². The van der Waals surface area contributed by atoms with Crippen LogP contribution >= 0.6 is 15.9 Å². The molecular weight excluding hydrogens is 776 g/mol. The smallest absolute Gasteiger partial charge is 0.345 e. The molecule has 0 saturated heterocycles. The highest BCUT2D eigenvalue weighted by molar-refractivity contribution is 9.12. The number of aliphatic hydroxyl groups is 1. The predicted octanol–water partition coefficient (Wildman–Crippen LogP) is 11.0. The summed E-state index contributed by atoms with van der Waals surface area (Å²) in [5, 5.41) is 9.56. The highest BCUT2D eigenvalue weighted by Gasteiger charge is 2.42. The van der Waals surface area contributed by atoms with E-state index in [9.17, 15) is 14.7 Å². The number of methoxy groups -OCH3 is 1. The van der Waals surface area contributed by atoms with Gasteiger partial charge in [-0.25, -0.2) is 4.79 Å². The fourth-order valence-electron chi connectivity index (χ4n) is 7.48. The maximum atomic E-state index is 14.1. The lowest BCUT2D eigenvalue weighted by atomic mass is 9.84. The van der Waals surface area contributed by atoms with Crippen LogP contribution in [0.5, 0.6) is 5.75 Å². The molecule has 1 N–H and O–H groups in total. The van der Waals surface area contributed by atoms with Crippen LogP contribution in [-0.2, 0) is 34.8 Å². The summed E-state index contributed by atoms with van der Waals surface area (Å²) in [5.41, 5.74) is 1.08. The summed E-state index contributed by atoms with van der Waals surface area (Å²) in [5.74, 6) is 1.90. The van der Waals surface area contributed by atoms with Crippen molar-refractivity contribution in [2.75, 3.05) is 26.9 Å². The molecule has 1 fully saturated rings. The van der Waals surface area contributed by atoms with Gasteiger partial charge < -0.3 is 28.5 Å². The Morgan fingerprint density at radius 2 is 1.67 bits per heavy atom. The number of carbonyl (C=O) groups is 2. The van der Waals surface area contributed by atoms with Gasteiger partial charge in [0, 0.05) is 18.9 Å². The molecule has 0 spiro atoms. The minimum absolute atomic E-state index is 0.00838. The first-order valence-corrected chi connectivity index (χ1v) is 24.1. The Labute approximate surface area is 343 Å². The van der Waals surface area contributed by atoms with E-state index in [1.54, 1.807) is 19.3 Å². The lowest BCUT2D eigenvalue weighted by Gasteiger charge is -2.41.